The molecule has 60 heavy (non-hydrogen) atoms. The summed E-state index contributed by atoms with van der Waals surface area (Å²) in [7, 11) is 0. The monoisotopic (exact) mass is 778 g/mol. The van der Waals surface area contributed by atoms with Crippen molar-refractivity contribution < 1.29 is 0 Å². The van der Waals surface area contributed by atoms with Gasteiger partial charge in [0.2, 0.25) is 0 Å². The van der Waals surface area contributed by atoms with Crippen molar-refractivity contribution in [3.63, 3.8) is 0 Å². The van der Waals surface area contributed by atoms with Crippen molar-refractivity contribution in [2.24, 2.45) is 0 Å². The first-order valence-electron chi connectivity index (χ1n) is 22.3. The van der Waals surface area contributed by atoms with E-state index in [1.54, 1.807) is 0 Å². The van der Waals surface area contributed by atoms with E-state index in [9.17, 15) is 0 Å². The average molecular weight is 779 g/mol. The van der Waals surface area contributed by atoms with Gasteiger partial charge in [-0.2, -0.15) is 0 Å². The van der Waals surface area contributed by atoms with Gasteiger partial charge in [0.15, 0.2) is 0 Å². The fourth-order valence-electron chi connectivity index (χ4n) is 11.7. The van der Waals surface area contributed by atoms with Crippen LogP contribution in [0, 0.1) is 0 Å². The maximum absolute atomic E-state index is 2.73. The normalized spacial score (nSPS) is 15.9. The molecule has 11 rings (SSSR count). The number of hydrogen-bond donors (Lipinski definition) is 0. The standard InChI is InChI=1S/C60H58/c1-55(2,3)35-21-25-41-42-26-22-36(56(4,5)6)30-50(42)59(49(41)29-35)47-19-15-13-17-39(47)45-33-46-40-18-14-16-20-48(40)60(54(46)34-53(45)59)51-31-37(57(7,8)9)23-27-43(51)44-28-24-38(32-52(44)60)58(10,11)12/h13-34H,1-12H3. The first-order chi connectivity index (χ1) is 28.3. The highest BCUT2D eigenvalue weighted by molar-refractivity contribution is 6.01. The molecular weight excluding hydrogens is 721 g/mol. The molecule has 4 aliphatic rings. The molecule has 0 N–H and O–H groups in total. The van der Waals surface area contributed by atoms with Crippen LogP contribution in [-0.4, -0.2) is 0 Å². The van der Waals surface area contributed by atoms with Crippen LogP contribution in [0.1, 0.15) is 150 Å². The Bertz CT molecular complexity index is 2680. The van der Waals surface area contributed by atoms with E-state index in [0.717, 1.165) is 0 Å². The Morgan fingerprint density at radius 2 is 0.483 bits per heavy atom. The Kier molecular flexibility index (Phi) is 7.30. The van der Waals surface area contributed by atoms with Crippen molar-refractivity contribution in [3.8, 4) is 44.5 Å². The fraction of sp³-hybridized carbons (Fsp3) is 0.300. The van der Waals surface area contributed by atoms with Crippen molar-refractivity contribution in [1.29, 1.82) is 0 Å². The molecule has 0 heterocycles. The lowest BCUT2D eigenvalue weighted by atomic mass is 9.66. The fourth-order valence-corrected chi connectivity index (χ4v) is 11.7. The number of rotatable bonds is 0. The molecule has 2 spiro atoms. The Balaban J connectivity index is 1.32. The van der Waals surface area contributed by atoms with Crippen molar-refractivity contribution in [3.05, 3.63) is 200 Å². The molecule has 0 nitrogen and oxygen atoms in total. The van der Waals surface area contributed by atoms with E-state index in [1.165, 1.54) is 111 Å². The molecule has 0 saturated carbocycles. The van der Waals surface area contributed by atoms with Gasteiger partial charge in [0.25, 0.3) is 0 Å². The maximum atomic E-state index is 2.73. The smallest absolute Gasteiger partial charge is 0.0619 e. The van der Waals surface area contributed by atoms with E-state index in [1.807, 2.05) is 0 Å². The van der Waals surface area contributed by atoms with E-state index in [-0.39, 0.29) is 21.7 Å². The van der Waals surface area contributed by atoms with Crippen LogP contribution in [-0.2, 0) is 32.5 Å². The van der Waals surface area contributed by atoms with Gasteiger partial charge in [0.05, 0.1) is 10.8 Å². The summed E-state index contributed by atoms with van der Waals surface area (Å²) in [6.07, 6.45) is 0. The Morgan fingerprint density at radius 3 is 0.767 bits per heavy atom. The zero-order valence-electron chi connectivity index (χ0n) is 37.7. The van der Waals surface area contributed by atoms with E-state index in [2.05, 4.69) is 217 Å². The minimum Gasteiger partial charge on any atom is -0.0619 e. The molecule has 0 unspecified atom stereocenters. The Morgan fingerprint density at radius 1 is 0.233 bits per heavy atom. The number of fused-ring (bicyclic) bond motifs is 20. The summed E-state index contributed by atoms with van der Waals surface area (Å²) in [5, 5.41) is 0. The topological polar surface area (TPSA) is 0 Å². The SMILES string of the molecule is CC(C)(C)c1ccc2c(c1)C1(c3ccccc3-c3cc4c(cc31)C1(c3ccccc3-4)c3cc(C(C)(C)C)ccc3-c3ccc(C(C)(C)C)cc31)c1cc(C(C)(C)C)ccc1-2. The third-order valence-electron chi connectivity index (χ3n) is 14.9. The van der Waals surface area contributed by atoms with Crippen LogP contribution in [0.2, 0.25) is 0 Å². The van der Waals surface area contributed by atoms with Crippen LogP contribution in [0.5, 0.6) is 0 Å². The van der Waals surface area contributed by atoms with Crippen LogP contribution < -0.4 is 0 Å². The molecule has 0 bridgehead atoms. The van der Waals surface area contributed by atoms with Crippen molar-refractivity contribution in [1.82, 2.24) is 0 Å². The van der Waals surface area contributed by atoms with E-state index in [0.29, 0.717) is 0 Å². The van der Waals surface area contributed by atoms with Crippen molar-refractivity contribution in [2.75, 3.05) is 0 Å². The van der Waals surface area contributed by atoms with Crippen LogP contribution >= 0.6 is 0 Å². The molecule has 0 aliphatic heterocycles. The largest absolute Gasteiger partial charge is 0.0725 e. The van der Waals surface area contributed by atoms with Gasteiger partial charge >= 0.3 is 0 Å². The highest BCUT2D eigenvalue weighted by Gasteiger charge is 2.57. The molecule has 0 aromatic heterocycles. The summed E-state index contributed by atoms with van der Waals surface area (Å²) in [5.74, 6) is 0. The summed E-state index contributed by atoms with van der Waals surface area (Å²) in [6.45, 7) is 28.3. The lowest BCUT2D eigenvalue weighted by Crippen LogP contribution is -2.30. The van der Waals surface area contributed by atoms with Gasteiger partial charge in [0, 0.05) is 0 Å². The van der Waals surface area contributed by atoms with Gasteiger partial charge in [-0.3, -0.25) is 0 Å². The molecule has 0 saturated heterocycles. The summed E-state index contributed by atoms with van der Waals surface area (Å²) < 4.78 is 0. The number of hydrogen-bond acceptors (Lipinski definition) is 0. The summed E-state index contributed by atoms with van der Waals surface area (Å²) in [6, 6.07) is 53.8. The highest BCUT2D eigenvalue weighted by Crippen LogP contribution is 2.68. The molecule has 7 aromatic rings. The summed E-state index contributed by atoms with van der Waals surface area (Å²) in [4.78, 5) is 0. The molecule has 7 aromatic carbocycles. The van der Waals surface area contributed by atoms with Crippen LogP contribution in [0.4, 0.5) is 0 Å². The lowest BCUT2D eigenvalue weighted by Gasteiger charge is -2.35. The van der Waals surface area contributed by atoms with Gasteiger partial charge in [0.1, 0.15) is 0 Å². The molecule has 4 aliphatic carbocycles. The first-order valence-corrected chi connectivity index (χ1v) is 22.3. The molecule has 298 valence electrons. The van der Waals surface area contributed by atoms with Crippen molar-refractivity contribution in [2.45, 2.75) is 116 Å². The van der Waals surface area contributed by atoms with Crippen LogP contribution in [0.15, 0.2) is 133 Å². The summed E-state index contributed by atoms with van der Waals surface area (Å²) in [5.41, 5.74) is 26.8. The Hall–Kier alpha value is -5.46. The highest BCUT2D eigenvalue weighted by atomic mass is 14.6. The van der Waals surface area contributed by atoms with Gasteiger partial charge in [-0.05, 0) is 139 Å². The van der Waals surface area contributed by atoms with Crippen LogP contribution in [0.25, 0.3) is 44.5 Å². The first kappa shape index (κ1) is 37.5. The lowest BCUT2D eigenvalue weighted by molar-refractivity contribution is 0.586. The second kappa shape index (κ2) is 11.7. The minimum atomic E-state index is -0.477. The molecular formula is C60H58. The second-order valence-corrected chi connectivity index (χ2v) is 22.6. The quantitative estimate of drug-likeness (QED) is 0.144. The molecule has 0 radical (unpaired) electrons. The van der Waals surface area contributed by atoms with E-state index < -0.39 is 10.8 Å². The molecule has 0 amide bonds. The molecule has 0 heteroatoms. The van der Waals surface area contributed by atoms with Gasteiger partial charge in [-0.15, -0.1) is 0 Å². The third-order valence-corrected chi connectivity index (χ3v) is 14.9. The third kappa shape index (κ3) is 4.69. The predicted octanol–water partition coefficient (Wildman–Crippen LogP) is 15.6. The average Bonchev–Trinajstić information content (AvgIpc) is 3.86. The second-order valence-electron chi connectivity index (χ2n) is 22.6. The predicted molar refractivity (Wildman–Crippen MR) is 254 cm³/mol. The van der Waals surface area contributed by atoms with Crippen molar-refractivity contribution >= 4 is 0 Å². The molecule has 0 atom stereocenters. The minimum absolute atomic E-state index is 0.00105. The Labute approximate surface area is 358 Å². The van der Waals surface area contributed by atoms with Gasteiger partial charge in [-0.25, -0.2) is 0 Å². The zero-order chi connectivity index (χ0) is 42.1. The summed E-state index contributed by atoms with van der Waals surface area (Å²) >= 11 is 0. The van der Waals surface area contributed by atoms with E-state index in [4.69, 9.17) is 0 Å². The number of benzene rings is 7. The maximum Gasteiger partial charge on any atom is 0.0725 e. The van der Waals surface area contributed by atoms with Crippen LogP contribution in [0.3, 0.4) is 0 Å². The van der Waals surface area contributed by atoms with Gasteiger partial charge in [-0.1, -0.05) is 210 Å². The zero-order valence-corrected chi connectivity index (χ0v) is 37.7. The van der Waals surface area contributed by atoms with E-state index >= 15 is 0 Å². The molecule has 0 fully saturated rings. The van der Waals surface area contributed by atoms with Gasteiger partial charge < -0.3 is 0 Å².